The van der Waals surface area contributed by atoms with Crippen molar-refractivity contribution in [3.8, 4) is 11.4 Å². The Balaban J connectivity index is 1.93. The van der Waals surface area contributed by atoms with Crippen molar-refractivity contribution in [2.45, 2.75) is 32.6 Å². The molecule has 1 heterocycles. The summed E-state index contributed by atoms with van der Waals surface area (Å²) < 4.78 is 30.5. The fourth-order valence-corrected chi connectivity index (χ4v) is 4.94. The molecule has 0 aliphatic rings. The quantitative estimate of drug-likeness (QED) is 0.436. The van der Waals surface area contributed by atoms with Crippen LogP contribution in [0.25, 0.3) is 16.6 Å². The summed E-state index contributed by atoms with van der Waals surface area (Å²) >= 11 is 0. The van der Waals surface area contributed by atoms with Gasteiger partial charge in [-0.3, -0.25) is 4.72 Å². The van der Waals surface area contributed by atoms with Crippen LogP contribution in [-0.2, 0) is 10.0 Å². The molecule has 0 atom stereocenters. The van der Waals surface area contributed by atoms with Gasteiger partial charge in [0, 0.05) is 11.1 Å². The summed E-state index contributed by atoms with van der Waals surface area (Å²) in [6.45, 7) is 7.64. The molecule has 0 saturated heterocycles. The maximum absolute atomic E-state index is 12.9. The molecule has 0 unspecified atom stereocenters. The molecule has 5 nitrogen and oxygen atoms in total. The molecule has 0 aliphatic carbocycles. The number of para-hydroxylation sites is 1. The molecular formula is C24H24N2O3S. The van der Waals surface area contributed by atoms with Gasteiger partial charge in [0.1, 0.15) is 5.75 Å². The van der Waals surface area contributed by atoms with E-state index >= 15 is 0 Å². The largest absolute Gasteiger partial charge is 0.505 e. The molecule has 0 radical (unpaired) electrons. The number of fused-ring (bicyclic) bond motifs is 1. The van der Waals surface area contributed by atoms with Gasteiger partial charge in [-0.05, 0) is 68.7 Å². The molecule has 0 saturated carbocycles. The first-order chi connectivity index (χ1) is 14.2. The first-order valence-corrected chi connectivity index (χ1v) is 11.2. The van der Waals surface area contributed by atoms with E-state index in [0.717, 1.165) is 22.2 Å². The highest BCUT2D eigenvalue weighted by molar-refractivity contribution is 7.92. The van der Waals surface area contributed by atoms with Crippen molar-refractivity contribution in [2.24, 2.45) is 0 Å². The van der Waals surface area contributed by atoms with Crippen LogP contribution in [0.5, 0.6) is 5.75 Å². The van der Waals surface area contributed by atoms with Crippen molar-refractivity contribution < 1.29 is 13.5 Å². The molecule has 30 heavy (non-hydrogen) atoms. The minimum absolute atomic E-state index is 0.138. The van der Waals surface area contributed by atoms with Crippen molar-refractivity contribution in [3.05, 3.63) is 83.0 Å². The monoisotopic (exact) mass is 420 g/mol. The van der Waals surface area contributed by atoms with Crippen molar-refractivity contribution in [3.63, 3.8) is 0 Å². The van der Waals surface area contributed by atoms with E-state index in [-0.39, 0.29) is 10.6 Å². The highest BCUT2D eigenvalue weighted by Gasteiger charge is 2.21. The topological polar surface area (TPSA) is 71.3 Å². The third kappa shape index (κ3) is 3.13. The summed E-state index contributed by atoms with van der Waals surface area (Å²) in [5, 5.41) is 12.1. The number of aryl methyl sites for hydroxylation is 1. The van der Waals surface area contributed by atoms with Crippen LogP contribution in [0.4, 0.5) is 5.69 Å². The van der Waals surface area contributed by atoms with Gasteiger partial charge >= 0.3 is 0 Å². The molecule has 154 valence electrons. The molecule has 4 rings (SSSR count). The minimum atomic E-state index is -3.75. The summed E-state index contributed by atoms with van der Waals surface area (Å²) in [5.74, 6) is 0.138. The van der Waals surface area contributed by atoms with Crippen LogP contribution < -0.4 is 4.72 Å². The molecule has 4 aromatic rings. The Kier molecular flexibility index (Phi) is 4.82. The highest BCUT2D eigenvalue weighted by atomic mass is 32.2. The second kappa shape index (κ2) is 7.22. The van der Waals surface area contributed by atoms with Crippen molar-refractivity contribution in [2.75, 3.05) is 4.72 Å². The van der Waals surface area contributed by atoms with Gasteiger partial charge in [0.2, 0.25) is 0 Å². The zero-order valence-corrected chi connectivity index (χ0v) is 18.2. The molecule has 0 aliphatic heterocycles. The zero-order chi connectivity index (χ0) is 21.6. The SMILES string of the molecule is Cc1c(NS(=O)(=O)c2ccccc2)cc(-n2c(C)c(C)c3ccccc32)c(O)c1C. The van der Waals surface area contributed by atoms with E-state index in [4.69, 9.17) is 0 Å². The fourth-order valence-electron chi connectivity index (χ4n) is 3.80. The Morgan fingerprint density at radius 2 is 1.47 bits per heavy atom. The highest BCUT2D eigenvalue weighted by Crippen LogP contribution is 2.38. The second-order valence-corrected chi connectivity index (χ2v) is 9.21. The van der Waals surface area contributed by atoms with E-state index in [1.165, 1.54) is 0 Å². The third-order valence-electron chi connectivity index (χ3n) is 5.81. The first kappa shape index (κ1) is 20.0. The average molecular weight is 421 g/mol. The van der Waals surface area contributed by atoms with Crippen LogP contribution in [0.1, 0.15) is 22.4 Å². The van der Waals surface area contributed by atoms with Crippen LogP contribution >= 0.6 is 0 Å². The van der Waals surface area contributed by atoms with Gasteiger partial charge in [0.15, 0.2) is 0 Å². The lowest BCUT2D eigenvalue weighted by Crippen LogP contribution is -2.14. The first-order valence-electron chi connectivity index (χ1n) is 9.70. The summed E-state index contributed by atoms with van der Waals surface area (Å²) in [6, 6.07) is 17.9. The maximum atomic E-state index is 12.9. The van der Waals surface area contributed by atoms with Gasteiger partial charge in [0.05, 0.1) is 21.8 Å². The van der Waals surface area contributed by atoms with Gasteiger partial charge in [-0.2, -0.15) is 0 Å². The summed E-state index contributed by atoms with van der Waals surface area (Å²) in [7, 11) is -3.75. The third-order valence-corrected chi connectivity index (χ3v) is 7.19. The Hall–Kier alpha value is -3.25. The molecule has 6 heteroatoms. The number of hydrogen-bond acceptors (Lipinski definition) is 3. The van der Waals surface area contributed by atoms with Gasteiger partial charge < -0.3 is 9.67 Å². The van der Waals surface area contributed by atoms with E-state index in [2.05, 4.69) is 4.72 Å². The van der Waals surface area contributed by atoms with E-state index in [1.54, 1.807) is 50.2 Å². The van der Waals surface area contributed by atoms with E-state index < -0.39 is 10.0 Å². The second-order valence-electron chi connectivity index (χ2n) is 7.52. The van der Waals surface area contributed by atoms with Gasteiger partial charge in [-0.25, -0.2) is 8.42 Å². The molecule has 0 fully saturated rings. The number of nitrogens with one attached hydrogen (secondary N) is 1. The van der Waals surface area contributed by atoms with Crippen molar-refractivity contribution in [1.29, 1.82) is 0 Å². The molecule has 2 N–H and O–H groups in total. The molecule has 0 spiro atoms. The lowest BCUT2D eigenvalue weighted by Gasteiger charge is -2.19. The number of rotatable bonds is 4. The van der Waals surface area contributed by atoms with Gasteiger partial charge in [0.25, 0.3) is 10.0 Å². The molecule has 1 aromatic heterocycles. The zero-order valence-electron chi connectivity index (χ0n) is 17.4. The molecule has 0 bridgehead atoms. The number of benzene rings is 3. The van der Waals surface area contributed by atoms with Crippen LogP contribution in [0.2, 0.25) is 0 Å². The van der Waals surface area contributed by atoms with E-state index in [1.807, 2.05) is 42.7 Å². The Labute approximate surface area is 176 Å². The molecule has 0 amide bonds. The van der Waals surface area contributed by atoms with Crippen molar-refractivity contribution in [1.82, 2.24) is 4.57 Å². The Bertz CT molecular complexity index is 1370. The maximum Gasteiger partial charge on any atom is 0.261 e. The summed E-state index contributed by atoms with van der Waals surface area (Å²) in [6.07, 6.45) is 0. The number of phenols is 1. The summed E-state index contributed by atoms with van der Waals surface area (Å²) in [4.78, 5) is 0.190. The van der Waals surface area contributed by atoms with Crippen molar-refractivity contribution >= 4 is 26.6 Å². The number of hydrogen-bond donors (Lipinski definition) is 2. The number of aromatic hydroxyl groups is 1. The lowest BCUT2D eigenvalue weighted by molar-refractivity contribution is 0.468. The predicted octanol–water partition coefficient (Wildman–Crippen LogP) is 5.37. The number of nitrogens with zero attached hydrogens (tertiary/aromatic N) is 1. The minimum Gasteiger partial charge on any atom is -0.505 e. The van der Waals surface area contributed by atoms with E-state index in [9.17, 15) is 13.5 Å². The fraction of sp³-hybridized carbons (Fsp3) is 0.167. The lowest BCUT2D eigenvalue weighted by atomic mass is 10.1. The van der Waals surface area contributed by atoms with Crippen LogP contribution in [0.15, 0.2) is 65.6 Å². The Morgan fingerprint density at radius 3 is 2.17 bits per heavy atom. The van der Waals surface area contributed by atoms with Gasteiger partial charge in [-0.1, -0.05) is 36.4 Å². The Morgan fingerprint density at radius 1 is 0.833 bits per heavy atom. The number of phenolic OH excluding ortho intramolecular Hbond substituents is 1. The number of aromatic nitrogens is 1. The van der Waals surface area contributed by atoms with E-state index in [0.29, 0.717) is 22.5 Å². The molecular weight excluding hydrogens is 396 g/mol. The number of sulfonamides is 1. The predicted molar refractivity (Wildman–Crippen MR) is 121 cm³/mol. The summed E-state index contributed by atoms with van der Waals surface area (Å²) in [5.41, 5.74) is 5.38. The average Bonchev–Trinajstić information content (AvgIpc) is 3.00. The number of anilines is 1. The van der Waals surface area contributed by atoms with Crippen LogP contribution in [0, 0.1) is 27.7 Å². The van der Waals surface area contributed by atoms with Gasteiger partial charge in [-0.15, -0.1) is 0 Å². The molecule has 3 aromatic carbocycles. The van der Waals surface area contributed by atoms with Crippen LogP contribution in [-0.4, -0.2) is 18.1 Å². The normalized spacial score (nSPS) is 11.7. The smallest absolute Gasteiger partial charge is 0.261 e. The van der Waals surface area contributed by atoms with Crippen LogP contribution in [0.3, 0.4) is 0 Å². The standard InChI is InChI=1S/C24H24N2O3S/c1-15-16(2)24(27)23(26-18(4)17(3)20-12-8-9-13-22(20)26)14-21(15)25-30(28,29)19-10-6-5-7-11-19/h5-14,25,27H,1-4H3.